The van der Waals surface area contributed by atoms with Crippen LogP contribution in [0.4, 0.5) is 0 Å². The van der Waals surface area contributed by atoms with E-state index in [9.17, 15) is 0 Å². The van der Waals surface area contributed by atoms with E-state index in [1.165, 1.54) is 49.7 Å². The van der Waals surface area contributed by atoms with Gasteiger partial charge in [-0.2, -0.15) is 0 Å². The fraction of sp³-hybridized carbons (Fsp3) is 0.645. The van der Waals surface area contributed by atoms with Gasteiger partial charge in [-0.1, -0.05) is 43.7 Å². The lowest BCUT2D eigenvalue weighted by molar-refractivity contribution is -0.0894. The molecule has 4 aliphatic carbocycles. The number of nitrogens with zero attached hydrogens (tertiary/aromatic N) is 1. The second-order valence-electron chi connectivity index (χ2n) is 13.2. The zero-order chi connectivity index (χ0) is 23.9. The molecule has 0 amide bonds. The summed E-state index contributed by atoms with van der Waals surface area (Å²) in [5, 5.41) is 0. The molecule has 2 N–H and O–H groups in total. The molecule has 1 aromatic rings. The maximum Gasteiger partial charge on any atom is 0.126 e. The lowest BCUT2D eigenvalue weighted by atomic mass is 9.47. The number of hydrogen-bond donors (Lipinski definition) is 1. The summed E-state index contributed by atoms with van der Waals surface area (Å²) < 4.78 is 6.43. The third-order valence-electron chi connectivity index (χ3n) is 10.3. The lowest BCUT2D eigenvalue weighted by Crippen LogP contribution is -2.50. The zero-order valence-electron chi connectivity index (χ0n) is 21.8. The molecule has 0 aromatic heterocycles. The van der Waals surface area contributed by atoms with Gasteiger partial charge in [-0.15, -0.1) is 0 Å². The van der Waals surface area contributed by atoms with Crippen LogP contribution in [-0.2, 0) is 11.3 Å². The van der Waals surface area contributed by atoms with Crippen molar-refractivity contribution in [2.75, 3.05) is 0 Å². The van der Waals surface area contributed by atoms with Crippen molar-refractivity contribution in [3.8, 4) is 0 Å². The highest BCUT2D eigenvalue weighted by Crippen LogP contribution is 2.66. The molecule has 3 nitrogen and oxygen atoms in total. The number of amidine groups is 1. The molecule has 6 atom stereocenters. The highest BCUT2D eigenvalue weighted by Gasteiger charge is 2.57. The molecule has 1 aliphatic heterocycles. The Kier molecular flexibility index (Phi) is 5.02. The molecule has 1 aromatic carbocycles. The molecule has 0 saturated heterocycles. The zero-order valence-corrected chi connectivity index (χ0v) is 21.8. The van der Waals surface area contributed by atoms with E-state index in [2.05, 4.69) is 70.0 Å². The smallest absolute Gasteiger partial charge is 0.126 e. The Hall–Kier alpha value is -1.87. The molecule has 0 bridgehead atoms. The van der Waals surface area contributed by atoms with E-state index in [0.29, 0.717) is 17.4 Å². The fourth-order valence-corrected chi connectivity index (χ4v) is 8.64. The predicted molar refractivity (Wildman–Crippen MR) is 141 cm³/mol. The van der Waals surface area contributed by atoms with Crippen molar-refractivity contribution in [3.05, 3.63) is 52.6 Å². The number of fused-ring (bicyclic) bond motifs is 6. The first kappa shape index (κ1) is 22.6. The van der Waals surface area contributed by atoms with Gasteiger partial charge in [0.2, 0.25) is 0 Å². The Morgan fingerprint density at radius 2 is 1.79 bits per heavy atom. The minimum absolute atomic E-state index is 0.0514. The molecule has 34 heavy (non-hydrogen) atoms. The lowest BCUT2D eigenvalue weighted by Gasteiger charge is -2.58. The number of benzene rings is 1. The molecule has 2 saturated carbocycles. The largest absolute Gasteiger partial charge is 0.383 e. The molecule has 0 spiro atoms. The van der Waals surface area contributed by atoms with E-state index in [0.717, 1.165) is 36.3 Å². The molecule has 3 heteroatoms. The number of allylic oxidation sites excluding steroid dienone is 3. The van der Waals surface area contributed by atoms with Gasteiger partial charge < -0.3 is 10.5 Å². The maximum absolute atomic E-state index is 6.43. The summed E-state index contributed by atoms with van der Waals surface area (Å²) >= 11 is 0. The second-order valence-corrected chi connectivity index (χ2v) is 13.2. The fourth-order valence-electron chi connectivity index (χ4n) is 8.64. The van der Waals surface area contributed by atoms with E-state index in [1.807, 2.05) is 0 Å². The van der Waals surface area contributed by atoms with Crippen molar-refractivity contribution in [2.45, 2.75) is 97.8 Å². The number of ether oxygens (including phenoxy) is 1. The van der Waals surface area contributed by atoms with Crippen molar-refractivity contribution in [1.82, 2.24) is 0 Å². The Balaban J connectivity index is 1.25. The van der Waals surface area contributed by atoms with Gasteiger partial charge in [-0.3, -0.25) is 4.99 Å². The normalized spacial score (nSPS) is 38.8. The molecular formula is C31H42N2O. The van der Waals surface area contributed by atoms with E-state index < -0.39 is 0 Å². The van der Waals surface area contributed by atoms with Gasteiger partial charge in [0, 0.05) is 5.56 Å². The van der Waals surface area contributed by atoms with Gasteiger partial charge in [0.1, 0.15) is 5.84 Å². The summed E-state index contributed by atoms with van der Waals surface area (Å²) in [6.07, 6.45) is 14.4. The summed E-state index contributed by atoms with van der Waals surface area (Å²) in [5.41, 5.74) is 13.8. The summed E-state index contributed by atoms with van der Waals surface area (Å²) in [6, 6.07) is 6.88. The van der Waals surface area contributed by atoms with Crippen LogP contribution in [0.3, 0.4) is 0 Å². The second kappa shape index (κ2) is 7.56. The average molecular weight is 459 g/mol. The van der Waals surface area contributed by atoms with Gasteiger partial charge in [0.15, 0.2) is 0 Å². The summed E-state index contributed by atoms with van der Waals surface area (Å²) in [7, 11) is 0. The van der Waals surface area contributed by atoms with Crippen LogP contribution < -0.4 is 5.73 Å². The van der Waals surface area contributed by atoms with Crippen molar-refractivity contribution >= 4 is 11.4 Å². The van der Waals surface area contributed by atoms with Crippen LogP contribution in [0.15, 0.2) is 40.9 Å². The Bertz CT molecular complexity index is 1100. The highest BCUT2D eigenvalue weighted by molar-refractivity contribution is 6.01. The van der Waals surface area contributed by atoms with E-state index in [4.69, 9.17) is 10.5 Å². The third-order valence-corrected chi connectivity index (χ3v) is 10.3. The Morgan fingerprint density at radius 3 is 2.59 bits per heavy atom. The van der Waals surface area contributed by atoms with Gasteiger partial charge >= 0.3 is 0 Å². The maximum atomic E-state index is 6.43. The average Bonchev–Trinajstić information content (AvgIpc) is 3.32. The van der Waals surface area contributed by atoms with Crippen molar-refractivity contribution in [3.63, 3.8) is 0 Å². The first-order valence-electron chi connectivity index (χ1n) is 13.6. The standard InChI is InChI=1S/C31H42N2O/c1-29(2,3)34-22-12-14-30(4)21(17-22)7-9-24-26-11-10-25(31(26,5)15-13-27(24)30)19-6-8-23-20(16-19)18-33-28(23)32/h6-8,10,16,22,24,26-27H,9,11-15,17-18H2,1-5H3,(H2,32,33)/t22-,24-,26-,27-,30-,31+/m0/s1. The predicted octanol–water partition coefficient (Wildman–Crippen LogP) is 7.05. The first-order chi connectivity index (χ1) is 16.1. The van der Waals surface area contributed by atoms with Gasteiger partial charge in [-0.25, -0.2) is 0 Å². The molecule has 6 rings (SSSR count). The van der Waals surface area contributed by atoms with Crippen molar-refractivity contribution in [2.24, 2.45) is 39.3 Å². The van der Waals surface area contributed by atoms with Gasteiger partial charge in [0.05, 0.1) is 18.2 Å². The molecule has 0 radical (unpaired) electrons. The topological polar surface area (TPSA) is 47.6 Å². The minimum Gasteiger partial charge on any atom is -0.383 e. The third kappa shape index (κ3) is 3.37. The monoisotopic (exact) mass is 458 g/mol. The van der Waals surface area contributed by atoms with E-state index in [1.54, 1.807) is 11.1 Å². The summed E-state index contributed by atoms with van der Waals surface area (Å²) in [6.45, 7) is 12.5. The first-order valence-corrected chi connectivity index (χ1v) is 13.6. The number of hydrogen-bond acceptors (Lipinski definition) is 3. The molecular weight excluding hydrogens is 416 g/mol. The van der Waals surface area contributed by atoms with E-state index in [-0.39, 0.29) is 11.0 Å². The van der Waals surface area contributed by atoms with Crippen LogP contribution >= 0.6 is 0 Å². The number of nitrogens with two attached hydrogens (primary N) is 1. The van der Waals surface area contributed by atoms with E-state index >= 15 is 0 Å². The number of rotatable bonds is 2. The molecule has 2 fully saturated rings. The van der Waals surface area contributed by atoms with Crippen LogP contribution in [0.25, 0.3) is 5.57 Å². The summed E-state index contributed by atoms with van der Waals surface area (Å²) in [5.74, 6) is 3.08. The van der Waals surface area contributed by atoms with Crippen LogP contribution in [0.1, 0.15) is 96.3 Å². The molecule has 5 aliphatic rings. The Labute approximate surface area is 205 Å². The highest BCUT2D eigenvalue weighted by atomic mass is 16.5. The molecule has 1 heterocycles. The van der Waals surface area contributed by atoms with Gasteiger partial charge in [-0.05, 0) is 117 Å². The van der Waals surface area contributed by atoms with Crippen LogP contribution in [0.2, 0.25) is 0 Å². The van der Waals surface area contributed by atoms with Crippen LogP contribution in [-0.4, -0.2) is 17.5 Å². The van der Waals surface area contributed by atoms with Crippen LogP contribution in [0.5, 0.6) is 0 Å². The van der Waals surface area contributed by atoms with Crippen molar-refractivity contribution in [1.29, 1.82) is 0 Å². The molecule has 182 valence electrons. The van der Waals surface area contributed by atoms with Crippen molar-refractivity contribution < 1.29 is 4.74 Å². The number of aliphatic imine (C=N–C) groups is 1. The minimum atomic E-state index is -0.0514. The quantitative estimate of drug-likeness (QED) is 0.483. The summed E-state index contributed by atoms with van der Waals surface area (Å²) in [4.78, 5) is 4.45. The van der Waals surface area contributed by atoms with Gasteiger partial charge in [0.25, 0.3) is 0 Å². The van der Waals surface area contributed by atoms with Crippen LogP contribution in [0, 0.1) is 28.6 Å². The Morgan fingerprint density at radius 1 is 1.00 bits per heavy atom. The SMILES string of the molecule is CC(C)(C)O[C@H]1CC[C@@]2(C)C(=CC[C@@H]3[C@@H]2CC[C@]2(C)C(c4ccc5c(c4)CN=C5N)=CC[C@@H]32)C1. The molecule has 0 unspecified atom stereocenters.